The maximum Gasteiger partial charge on any atom is 0.338 e. The number of hydrogen-bond acceptors (Lipinski definition) is 8. The third kappa shape index (κ3) is 4.29. The summed E-state index contributed by atoms with van der Waals surface area (Å²) >= 11 is 1.25. The molecule has 1 aliphatic rings. The Morgan fingerprint density at radius 1 is 1.24 bits per heavy atom. The van der Waals surface area contributed by atoms with Crippen LogP contribution in [0.3, 0.4) is 0 Å². The number of pyridine rings is 1. The summed E-state index contributed by atoms with van der Waals surface area (Å²) in [7, 11) is 3.07. The summed E-state index contributed by atoms with van der Waals surface area (Å²) in [6.45, 7) is 5.37. The van der Waals surface area contributed by atoms with E-state index in [0.717, 1.165) is 5.56 Å². The fraction of sp³-hybridized carbons (Fsp3) is 0.200. The summed E-state index contributed by atoms with van der Waals surface area (Å²) in [5.74, 6) is 0.445. The first-order valence-electron chi connectivity index (χ1n) is 10.4. The van der Waals surface area contributed by atoms with E-state index in [9.17, 15) is 9.59 Å². The van der Waals surface area contributed by atoms with Gasteiger partial charge in [-0.05, 0) is 42.3 Å². The van der Waals surface area contributed by atoms with Crippen molar-refractivity contribution in [3.05, 3.63) is 97.5 Å². The number of carbonyl (C=O) groups excluding carboxylic acids is 1. The van der Waals surface area contributed by atoms with Crippen LogP contribution in [0.25, 0.3) is 6.08 Å². The zero-order chi connectivity index (χ0) is 24.2. The van der Waals surface area contributed by atoms with Gasteiger partial charge in [0.15, 0.2) is 16.3 Å². The van der Waals surface area contributed by atoms with E-state index < -0.39 is 12.0 Å². The molecule has 1 aromatic carbocycles. The average molecular weight is 478 g/mol. The van der Waals surface area contributed by atoms with E-state index in [2.05, 4.69) is 16.6 Å². The lowest BCUT2D eigenvalue weighted by Crippen LogP contribution is -2.40. The molecule has 0 spiro atoms. The molecule has 3 aromatic rings. The minimum absolute atomic E-state index is 0.0414. The highest BCUT2D eigenvalue weighted by Crippen LogP contribution is 2.36. The third-order valence-corrected chi connectivity index (χ3v) is 6.26. The second kappa shape index (κ2) is 9.88. The van der Waals surface area contributed by atoms with Gasteiger partial charge in [-0.3, -0.25) is 14.3 Å². The van der Waals surface area contributed by atoms with E-state index in [1.165, 1.54) is 29.1 Å². The van der Waals surface area contributed by atoms with Crippen molar-refractivity contribution >= 4 is 23.4 Å². The molecule has 0 aliphatic carbocycles. The molecule has 0 saturated heterocycles. The Hall–Kier alpha value is -3.98. The molecule has 1 atom stereocenters. The van der Waals surface area contributed by atoms with Crippen LogP contribution < -0.4 is 24.4 Å². The number of methoxy groups -OCH3 is 2. The van der Waals surface area contributed by atoms with Crippen molar-refractivity contribution < 1.29 is 19.0 Å². The van der Waals surface area contributed by atoms with Gasteiger partial charge in [0.2, 0.25) is 0 Å². The smallest absolute Gasteiger partial charge is 0.338 e. The molecule has 0 bridgehead atoms. The molecule has 3 heterocycles. The lowest BCUT2D eigenvalue weighted by Gasteiger charge is -2.25. The second-order valence-electron chi connectivity index (χ2n) is 7.37. The molecule has 4 rings (SSSR count). The molecule has 2 aromatic heterocycles. The third-order valence-electron chi connectivity index (χ3n) is 5.28. The number of nitrogens with zero attached hydrogens (tertiary/aromatic N) is 3. The molecule has 0 saturated carbocycles. The highest BCUT2D eigenvalue weighted by Gasteiger charge is 2.34. The molecule has 0 radical (unpaired) electrons. The Bertz CT molecular complexity index is 1450. The van der Waals surface area contributed by atoms with Gasteiger partial charge in [0.1, 0.15) is 6.61 Å². The van der Waals surface area contributed by atoms with Crippen molar-refractivity contribution in [2.75, 3.05) is 20.8 Å². The van der Waals surface area contributed by atoms with Crippen LogP contribution in [-0.4, -0.2) is 36.3 Å². The van der Waals surface area contributed by atoms with Crippen molar-refractivity contribution in [1.29, 1.82) is 0 Å². The Morgan fingerprint density at radius 3 is 2.71 bits per heavy atom. The van der Waals surface area contributed by atoms with Crippen LogP contribution in [0.1, 0.15) is 24.1 Å². The van der Waals surface area contributed by atoms with Crippen LogP contribution in [0.5, 0.6) is 11.5 Å². The van der Waals surface area contributed by atoms with Crippen LogP contribution in [-0.2, 0) is 9.53 Å². The number of aromatic nitrogens is 2. The Balaban J connectivity index is 1.96. The largest absolute Gasteiger partial charge is 0.493 e. The molecular formula is C25H23N3O5S. The summed E-state index contributed by atoms with van der Waals surface area (Å²) in [4.78, 5) is 35.8. The van der Waals surface area contributed by atoms with Gasteiger partial charge in [0.25, 0.3) is 5.56 Å². The Kier molecular flexibility index (Phi) is 6.74. The monoisotopic (exact) mass is 477 g/mol. The van der Waals surface area contributed by atoms with Crippen molar-refractivity contribution in [3.63, 3.8) is 0 Å². The van der Waals surface area contributed by atoms with E-state index in [4.69, 9.17) is 14.2 Å². The van der Waals surface area contributed by atoms with Crippen molar-refractivity contribution in [2.45, 2.75) is 13.0 Å². The summed E-state index contributed by atoms with van der Waals surface area (Å²) in [5.41, 5.74) is 1.93. The summed E-state index contributed by atoms with van der Waals surface area (Å²) in [5, 5.41) is 0. The number of fused-ring (bicyclic) bond motifs is 1. The van der Waals surface area contributed by atoms with Crippen LogP contribution in [0, 0.1) is 0 Å². The number of allylic oxidation sites excluding steroid dienone is 1. The molecule has 0 amide bonds. The number of hydrogen-bond donors (Lipinski definition) is 0. The van der Waals surface area contributed by atoms with Gasteiger partial charge in [-0.15, -0.1) is 0 Å². The van der Waals surface area contributed by atoms with Gasteiger partial charge in [-0.2, -0.15) is 0 Å². The number of thiazole rings is 1. The number of rotatable bonds is 7. The van der Waals surface area contributed by atoms with Crippen LogP contribution >= 0.6 is 11.3 Å². The Labute approximate surface area is 199 Å². The number of benzene rings is 1. The summed E-state index contributed by atoms with van der Waals surface area (Å²) in [6, 6.07) is 8.18. The van der Waals surface area contributed by atoms with Gasteiger partial charge in [-0.25, -0.2) is 9.79 Å². The van der Waals surface area contributed by atoms with Gasteiger partial charge in [0.05, 0.1) is 36.1 Å². The average Bonchev–Trinajstić information content (AvgIpc) is 3.16. The maximum absolute atomic E-state index is 13.6. The predicted octanol–water partition coefficient (Wildman–Crippen LogP) is 2.38. The summed E-state index contributed by atoms with van der Waals surface area (Å²) < 4.78 is 18.2. The Morgan fingerprint density at radius 2 is 2.03 bits per heavy atom. The van der Waals surface area contributed by atoms with Crippen molar-refractivity contribution in [2.24, 2.45) is 4.99 Å². The molecule has 34 heavy (non-hydrogen) atoms. The molecule has 1 unspecified atom stereocenters. The van der Waals surface area contributed by atoms with Gasteiger partial charge >= 0.3 is 5.97 Å². The van der Waals surface area contributed by atoms with Crippen molar-refractivity contribution in [3.8, 4) is 11.5 Å². The quantitative estimate of drug-likeness (QED) is 0.383. The standard InChI is InChI=1S/C25H23N3O5S/c1-5-11-33-24(30)21-15(2)27-25-28(22(21)17-8-9-18(31-3)19(13-17)32-4)23(29)20(34-25)12-16-7-6-10-26-14-16/h5-10,12-14,22H,1,11H2,2-4H3/b20-12-. The molecule has 0 N–H and O–H groups in total. The number of carbonyl (C=O) groups is 1. The fourth-order valence-corrected chi connectivity index (χ4v) is 4.79. The maximum atomic E-state index is 13.6. The normalized spacial score (nSPS) is 15.4. The first-order valence-corrected chi connectivity index (χ1v) is 11.2. The van der Waals surface area contributed by atoms with Crippen LogP contribution in [0.4, 0.5) is 0 Å². The molecule has 1 aliphatic heterocycles. The van der Waals surface area contributed by atoms with Crippen molar-refractivity contribution in [1.82, 2.24) is 9.55 Å². The SMILES string of the molecule is C=CCOC(=O)C1=C(C)N=c2s/c(=C\c3cccnc3)c(=O)n2C1c1ccc(OC)c(OC)c1. The number of esters is 1. The van der Waals surface area contributed by atoms with E-state index in [1.807, 2.05) is 6.07 Å². The van der Waals surface area contributed by atoms with Crippen LogP contribution in [0.15, 0.2) is 76.4 Å². The molecule has 8 nitrogen and oxygen atoms in total. The molecule has 174 valence electrons. The van der Waals surface area contributed by atoms with E-state index >= 15 is 0 Å². The molecular weight excluding hydrogens is 454 g/mol. The minimum atomic E-state index is -0.760. The predicted molar refractivity (Wildman–Crippen MR) is 129 cm³/mol. The van der Waals surface area contributed by atoms with Gasteiger partial charge < -0.3 is 14.2 Å². The lowest BCUT2D eigenvalue weighted by molar-refractivity contribution is -0.138. The highest BCUT2D eigenvalue weighted by atomic mass is 32.1. The first-order chi connectivity index (χ1) is 16.5. The van der Waals surface area contributed by atoms with E-state index in [-0.39, 0.29) is 17.7 Å². The van der Waals surface area contributed by atoms with E-state index in [0.29, 0.717) is 32.1 Å². The van der Waals surface area contributed by atoms with E-state index in [1.54, 1.807) is 56.8 Å². The highest BCUT2D eigenvalue weighted by molar-refractivity contribution is 7.07. The van der Waals surface area contributed by atoms with Crippen LogP contribution in [0.2, 0.25) is 0 Å². The zero-order valence-electron chi connectivity index (χ0n) is 19.0. The lowest BCUT2D eigenvalue weighted by atomic mass is 9.95. The molecule has 0 fully saturated rings. The summed E-state index contributed by atoms with van der Waals surface area (Å²) in [6.07, 6.45) is 6.59. The second-order valence-corrected chi connectivity index (χ2v) is 8.38. The fourth-order valence-electron chi connectivity index (χ4n) is 3.75. The number of ether oxygens (including phenoxy) is 3. The van der Waals surface area contributed by atoms with Gasteiger partial charge in [-0.1, -0.05) is 36.1 Å². The first kappa shape index (κ1) is 23.2. The molecule has 9 heteroatoms. The minimum Gasteiger partial charge on any atom is -0.493 e. The zero-order valence-corrected chi connectivity index (χ0v) is 19.8. The van der Waals surface area contributed by atoms with Gasteiger partial charge in [0, 0.05) is 12.4 Å². The topological polar surface area (TPSA) is 92.0 Å².